The summed E-state index contributed by atoms with van der Waals surface area (Å²) in [5.74, 6) is -2.28. The first-order valence-corrected chi connectivity index (χ1v) is 13.2. The number of para-hydroxylation sites is 1. The molecule has 2 aromatic carbocycles. The number of benzene rings is 2. The molecule has 2 amide bonds. The molecule has 0 radical (unpaired) electrons. The summed E-state index contributed by atoms with van der Waals surface area (Å²) in [7, 11) is 1.32. The second kappa shape index (κ2) is 8.62. The molecule has 4 unspecified atom stereocenters. The van der Waals surface area contributed by atoms with Gasteiger partial charge in [-0.05, 0) is 42.3 Å². The molecule has 1 aliphatic carbocycles. The molecule has 39 heavy (non-hydrogen) atoms. The predicted octanol–water partition coefficient (Wildman–Crippen LogP) is 2.53. The van der Waals surface area contributed by atoms with E-state index >= 15 is 0 Å². The summed E-state index contributed by atoms with van der Waals surface area (Å²) >= 11 is 14.3. The van der Waals surface area contributed by atoms with Crippen LogP contribution in [-0.4, -0.2) is 59.2 Å². The number of nitrogens with zero attached hydrogens (tertiary/aromatic N) is 4. The van der Waals surface area contributed by atoms with Gasteiger partial charge in [0.1, 0.15) is 0 Å². The number of hydrogen-bond donors (Lipinski definition) is 1. The fourth-order valence-electron chi connectivity index (χ4n) is 6.16. The lowest BCUT2D eigenvalue weighted by Gasteiger charge is -2.49. The van der Waals surface area contributed by atoms with Gasteiger partial charge in [0.2, 0.25) is 0 Å². The van der Waals surface area contributed by atoms with Crippen LogP contribution in [0.4, 0.5) is 0 Å². The minimum absolute atomic E-state index is 0.0346. The molecule has 3 heterocycles. The quantitative estimate of drug-likeness (QED) is 0.293. The number of allylic oxidation sites excluding steroid dienone is 2. The van der Waals surface area contributed by atoms with E-state index in [1.807, 2.05) is 0 Å². The lowest BCUT2D eigenvalue weighted by molar-refractivity contribution is -0.137. The van der Waals surface area contributed by atoms with E-state index in [2.05, 4.69) is 0 Å². The van der Waals surface area contributed by atoms with Gasteiger partial charge in [0.15, 0.2) is 21.2 Å². The van der Waals surface area contributed by atoms with Gasteiger partial charge < -0.3 is 9.84 Å². The summed E-state index contributed by atoms with van der Waals surface area (Å²) in [6.45, 7) is 2.07. The molecule has 1 N–H and O–H groups in total. The van der Waals surface area contributed by atoms with E-state index in [1.165, 1.54) is 22.5 Å². The maximum absolute atomic E-state index is 13.8. The second-order valence-corrected chi connectivity index (χ2v) is 11.1. The molecular weight excluding hydrogens is 547 g/mol. The van der Waals surface area contributed by atoms with Crippen molar-refractivity contribution in [2.75, 3.05) is 13.7 Å². The second-order valence-electron chi connectivity index (χ2n) is 9.86. The number of ether oxygens (including phenoxy) is 1. The average molecular weight is 571 g/mol. The number of carbonyl (C=O) groups is 2. The Morgan fingerprint density at radius 1 is 1.03 bits per heavy atom. The number of alkyl halides is 2. The number of amides is 2. The number of phenols is 1. The largest absolute Gasteiger partial charge is 0.504 e. The summed E-state index contributed by atoms with van der Waals surface area (Å²) in [6.07, 6.45) is 1.57. The fourth-order valence-corrected chi connectivity index (χ4v) is 7.16. The third kappa shape index (κ3) is 3.21. The summed E-state index contributed by atoms with van der Waals surface area (Å²) in [5.41, 5.74) is 0.287. The lowest BCUT2D eigenvalue weighted by Crippen LogP contribution is -2.59. The highest BCUT2D eigenvalue weighted by atomic mass is 35.5. The van der Waals surface area contributed by atoms with E-state index in [0.29, 0.717) is 16.8 Å². The zero-order valence-electron chi connectivity index (χ0n) is 21.0. The number of imide groups is 1. The molecule has 3 aromatic rings. The minimum Gasteiger partial charge on any atom is -0.504 e. The van der Waals surface area contributed by atoms with Crippen LogP contribution in [0.25, 0.3) is 5.69 Å². The third-order valence-electron chi connectivity index (χ3n) is 7.91. The van der Waals surface area contributed by atoms with Crippen LogP contribution in [0, 0.1) is 0 Å². The van der Waals surface area contributed by atoms with Crippen molar-refractivity contribution in [2.45, 2.75) is 41.6 Å². The zero-order valence-corrected chi connectivity index (χ0v) is 22.5. The predicted molar refractivity (Wildman–Crippen MR) is 143 cm³/mol. The van der Waals surface area contributed by atoms with Gasteiger partial charge in [0.05, 0.1) is 24.9 Å². The summed E-state index contributed by atoms with van der Waals surface area (Å²) < 4.78 is 9.25. The number of aromatic nitrogens is 3. The molecule has 6 rings (SSSR count). The number of phenolic OH excluding ortho intramolecular Hbond substituents is 1. The van der Waals surface area contributed by atoms with E-state index in [-0.39, 0.29) is 31.1 Å². The zero-order chi connectivity index (χ0) is 27.9. The monoisotopic (exact) mass is 570 g/mol. The maximum atomic E-state index is 13.8. The van der Waals surface area contributed by atoms with Crippen molar-refractivity contribution in [3.05, 3.63) is 86.7 Å². The van der Waals surface area contributed by atoms with E-state index in [1.54, 1.807) is 55.5 Å². The molecule has 1 saturated carbocycles. The molecule has 4 atom stereocenters. The first-order chi connectivity index (χ1) is 18.6. The molecule has 0 spiro atoms. The number of carbonyl (C=O) groups excluding carboxylic acids is 2. The van der Waals surface area contributed by atoms with Gasteiger partial charge in [0, 0.05) is 19.4 Å². The van der Waals surface area contributed by atoms with Crippen LogP contribution in [0.1, 0.15) is 30.9 Å². The van der Waals surface area contributed by atoms with Crippen molar-refractivity contribution in [1.82, 2.24) is 18.8 Å². The molecule has 2 fully saturated rings. The van der Waals surface area contributed by atoms with E-state index < -0.39 is 44.9 Å². The average Bonchev–Trinajstić information content (AvgIpc) is 3.25. The number of hydrogen-bond acceptors (Lipinski definition) is 6. The van der Waals surface area contributed by atoms with Gasteiger partial charge >= 0.3 is 11.4 Å². The van der Waals surface area contributed by atoms with E-state index in [9.17, 15) is 24.3 Å². The van der Waals surface area contributed by atoms with Crippen molar-refractivity contribution in [3.8, 4) is 17.2 Å². The van der Waals surface area contributed by atoms with Gasteiger partial charge in [-0.3, -0.25) is 14.5 Å². The normalized spacial score (nSPS) is 27.6. The Balaban J connectivity index is 1.61. The summed E-state index contributed by atoms with van der Waals surface area (Å²) in [6, 6.07) is 12.2. The van der Waals surface area contributed by atoms with Crippen molar-refractivity contribution in [2.24, 2.45) is 0 Å². The van der Waals surface area contributed by atoms with Crippen molar-refractivity contribution in [3.63, 3.8) is 0 Å². The van der Waals surface area contributed by atoms with Crippen LogP contribution in [-0.2, 0) is 16.1 Å². The van der Waals surface area contributed by atoms with Gasteiger partial charge in [-0.1, -0.05) is 30.3 Å². The molecule has 10 nitrogen and oxygen atoms in total. The topological polar surface area (TPSA) is 116 Å². The Bertz CT molecular complexity index is 1690. The van der Waals surface area contributed by atoms with Crippen LogP contribution < -0.4 is 16.1 Å². The van der Waals surface area contributed by atoms with Gasteiger partial charge in [-0.15, -0.1) is 23.2 Å². The maximum Gasteiger partial charge on any atom is 0.352 e. The molecule has 2 aliphatic heterocycles. The third-order valence-corrected chi connectivity index (χ3v) is 9.33. The van der Waals surface area contributed by atoms with Crippen molar-refractivity contribution >= 4 is 35.0 Å². The van der Waals surface area contributed by atoms with Crippen LogP contribution in [0.3, 0.4) is 0 Å². The number of fused-ring (bicyclic) bond motifs is 4. The standard InChI is InChI=1S/C27H24Cl2N4O6/c1-3-39-20-13-15(9-10-19(20)34)21-17-11-12-31-24(37)32(16-7-5-4-6-8-16)25(38)33(31)18(17)14-26(28)22(35)30(2)23(36)27(21,26)29/h4-11,13,18,21,34H,3,12,14H2,1-2H3. The minimum atomic E-state index is -1.93. The smallest absolute Gasteiger partial charge is 0.352 e. The van der Waals surface area contributed by atoms with Crippen LogP contribution in [0.15, 0.2) is 69.8 Å². The number of rotatable bonds is 4. The lowest BCUT2D eigenvalue weighted by atomic mass is 9.64. The molecule has 12 heteroatoms. The van der Waals surface area contributed by atoms with Crippen molar-refractivity contribution < 1.29 is 19.4 Å². The number of halogens is 2. The van der Waals surface area contributed by atoms with Gasteiger partial charge in [-0.2, -0.15) is 0 Å². The Labute approximate surface area is 232 Å². The molecule has 0 bridgehead atoms. The molecular formula is C27H24Cl2N4O6. The Morgan fingerprint density at radius 3 is 2.44 bits per heavy atom. The molecule has 202 valence electrons. The van der Waals surface area contributed by atoms with E-state index in [0.717, 1.165) is 9.47 Å². The Kier molecular flexibility index (Phi) is 5.64. The highest BCUT2D eigenvalue weighted by Crippen LogP contribution is 2.63. The van der Waals surface area contributed by atoms with E-state index in [4.69, 9.17) is 27.9 Å². The summed E-state index contributed by atoms with van der Waals surface area (Å²) in [4.78, 5) is 51.4. The highest BCUT2D eigenvalue weighted by molar-refractivity contribution is 6.53. The van der Waals surface area contributed by atoms with Crippen LogP contribution in [0.2, 0.25) is 0 Å². The Hall–Kier alpha value is -3.76. The fraction of sp³-hybridized carbons (Fsp3) is 0.333. The molecule has 1 aromatic heterocycles. The first kappa shape index (κ1) is 25.5. The number of aromatic hydroxyl groups is 1. The van der Waals surface area contributed by atoms with Crippen LogP contribution >= 0.6 is 23.2 Å². The molecule has 1 saturated heterocycles. The SMILES string of the molecule is CCOc1cc(C2C3=CCn4c(=O)n(-c5ccccc5)c(=O)n4C3CC3(Cl)C(=O)N(C)C(=O)C23Cl)ccc1O. The summed E-state index contributed by atoms with van der Waals surface area (Å²) in [5, 5.41) is 10.3. The highest BCUT2D eigenvalue weighted by Gasteiger charge is 2.74. The number of likely N-dealkylation sites (tertiary alicyclic amines) is 1. The molecule has 3 aliphatic rings. The van der Waals surface area contributed by atoms with Crippen LogP contribution in [0.5, 0.6) is 11.5 Å². The van der Waals surface area contributed by atoms with Gasteiger partial charge in [0.25, 0.3) is 11.8 Å². The van der Waals surface area contributed by atoms with Gasteiger partial charge in [-0.25, -0.2) is 23.5 Å². The van der Waals surface area contributed by atoms with Crippen molar-refractivity contribution in [1.29, 1.82) is 0 Å². The Morgan fingerprint density at radius 2 is 1.74 bits per heavy atom. The first-order valence-electron chi connectivity index (χ1n) is 12.4.